The van der Waals surface area contributed by atoms with Crippen LogP contribution in [0.2, 0.25) is 0 Å². The third kappa shape index (κ3) is 2.71. The van der Waals surface area contributed by atoms with Crippen molar-refractivity contribution in [2.75, 3.05) is 0 Å². The Balaban J connectivity index is 2.01. The predicted molar refractivity (Wildman–Crippen MR) is 65.5 cm³/mol. The van der Waals surface area contributed by atoms with Gasteiger partial charge in [0.1, 0.15) is 5.82 Å². The number of pyridine rings is 1. The summed E-state index contributed by atoms with van der Waals surface area (Å²) < 4.78 is 1.98. The molecule has 1 unspecified atom stereocenters. The van der Waals surface area contributed by atoms with E-state index in [4.69, 9.17) is 0 Å². The van der Waals surface area contributed by atoms with Crippen LogP contribution < -0.4 is 0 Å². The fourth-order valence-electron chi connectivity index (χ4n) is 1.91. The van der Waals surface area contributed by atoms with E-state index in [1.807, 2.05) is 36.9 Å². The first-order chi connectivity index (χ1) is 8.18. The predicted octanol–water partition coefficient (Wildman–Crippen LogP) is 1.79. The Morgan fingerprint density at radius 1 is 1.35 bits per heavy atom. The van der Waals surface area contributed by atoms with E-state index >= 15 is 0 Å². The average molecular weight is 231 g/mol. The topological polar surface area (TPSA) is 50.9 Å². The Morgan fingerprint density at radius 3 is 2.82 bits per heavy atom. The van der Waals surface area contributed by atoms with Crippen LogP contribution in [0, 0.1) is 6.92 Å². The standard InChI is InChI=1S/C13H17N3O/c1-10-11(4-3-7-14-10)12(17)5-6-13-15-8-9-16(13)2/h3-4,7-9,12,17H,5-6H2,1-2H3. The van der Waals surface area contributed by atoms with Crippen LogP contribution in [0.25, 0.3) is 0 Å². The lowest BCUT2D eigenvalue weighted by Gasteiger charge is -2.12. The summed E-state index contributed by atoms with van der Waals surface area (Å²) in [6.07, 6.45) is 6.38. The van der Waals surface area contributed by atoms with E-state index in [-0.39, 0.29) is 0 Å². The van der Waals surface area contributed by atoms with E-state index in [1.54, 1.807) is 12.4 Å². The van der Waals surface area contributed by atoms with Gasteiger partial charge >= 0.3 is 0 Å². The van der Waals surface area contributed by atoms with Gasteiger partial charge in [-0.15, -0.1) is 0 Å². The van der Waals surface area contributed by atoms with Gasteiger partial charge in [-0.2, -0.15) is 0 Å². The Labute approximate surface area is 101 Å². The van der Waals surface area contributed by atoms with Gasteiger partial charge in [-0.05, 0) is 19.4 Å². The summed E-state index contributed by atoms with van der Waals surface area (Å²) in [4.78, 5) is 8.42. The molecule has 0 aliphatic carbocycles. The van der Waals surface area contributed by atoms with Crippen molar-refractivity contribution in [3.05, 3.63) is 47.8 Å². The number of hydrogen-bond acceptors (Lipinski definition) is 3. The fourth-order valence-corrected chi connectivity index (χ4v) is 1.91. The van der Waals surface area contributed by atoms with Crippen LogP contribution in [0.3, 0.4) is 0 Å². The summed E-state index contributed by atoms with van der Waals surface area (Å²) in [6, 6.07) is 3.78. The lowest BCUT2D eigenvalue weighted by Crippen LogP contribution is -2.05. The number of aryl methyl sites for hydroxylation is 3. The van der Waals surface area contributed by atoms with Gasteiger partial charge in [-0.3, -0.25) is 4.98 Å². The number of rotatable bonds is 4. The van der Waals surface area contributed by atoms with Crippen molar-refractivity contribution in [3.63, 3.8) is 0 Å². The summed E-state index contributed by atoms with van der Waals surface area (Å²) in [7, 11) is 1.96. The highest BCUT2D eigenvalue weighted by Gasteiger charge is 2.11. The molecule has 2 rings (SSSR count). The third-order valence-electron chi connectivity index (χ3n) is 2.97. The van der Waals surface area contributed by atoms with Gasteiger partial charge in [0.2, 0.25) is 0 Å². The van der Waals surface area contributed by atoms with E-state index < -0.39 is 6.10 Å². The zero-order valence-electron chi connectivity index (χ0n) is 10.2. The van der Waals surface area contributed by atoms with Crippen molar-refractivity contribution in [1.29, 1.82) is 0 Å². The quantitative estimate of drug-likeness (QED) is 0.872. The number of imidazole rings is 1. The van der Waals surface area contributed by atoms with E-state index in [0.717, 1.165) is 23.5 Å². The first kappa shape index (κ1) is 11.8. The second-order valence-electron chi connectivity index (χ2n) is 4.19. The van der Waals surface area contributed by atoms with Gasteiger partial charge < -0.3 is 9.67 Å². The molecule has 0 fully saturated rings. The molecule has 17 heavy (non-hydrogen) atoms. The zero-order chi connectivity index (χ0) is 12.3. The van der Waals surface area contributed by atoms with Gasteiger partial charge in [-0.1, -0.05) is 6.07 Å². The third-order valence-corrected chi connectivity index (χ3v) is 2.97. The Bertz CT molecular complexity index is 493. The van der Waals surface area contributed by atoms with E-state index in [0.29, 0.717) is 6.42 Å². The molecule has 0 amide bonds. The maximum atomic E-state index is 10.1. The maximum Gasteiger partial charge on any atom is 0.108 e. The van der Waals surface area contributed by atoms with Crippen LogP contribution in [0.15, 0.2) is 30.7 Å². The highest BCUT2D eigenvalue weighted by Crippen LogP contribution is 2.20. The molecule has 2 aromatic heterocycles. The molecule has 90 valence electrons. The van der Waals surface area contributed by atoms with Crippen molar-refractivity contribution in [2.24, 2.45) is 7.05 Å². The first-order valence-electron chi connectivity index (χ1n) is 5.74. The normalized spacial score (nSPS) is 12.6. The second kappa shape index (κ2) is 5.10. The number of hydrogen-bond donors (Lipinski definition) is 1. The van der Waals surface area contributed by atoms with Crippen LogP contribution in [0.1, 0.15) is 29.6 Å². The van der Waals surface area contributed by atoms with Gasteiger partial charge in [0, 0.05) is 43.3 Å². The lowest BCUT2D eigenvalue weighted by molar-refractivity contribution is 0.165. The number of aliphatic hydroxyl groups is 1. The molecule has 1 atom stereocenters. The van der Waals surface area contributed by atoms with Crippen molar-refractivity contribution < 1.29 is 5.11 Å². The Hall–Kier alpha value is -1.68. The van der Waals surface area contributed by atoms with Gasteiger partial charge in [0.05, 0.1) is 6.10 Å². The molecule has 0 aliphatic rings. The van der Waals surface area contributed by atoms with Crippen molar-refractivity contribution in [3.8, 4) is 0 Å². The minimum atomic E-state index is -0.472. The molecule has 0 bridgehead atoms. The van der Waals surface area contributed by atoms with E-state index in [1.165, 1.54) is 0 Å². The fraction of sp³-hybridized carbons (Fsp3) is 0.385. The Morgan fingerprint density at radius 2 is 2.18 bits per heavy atom. The summed E-state index contributed by atoms with van der Waals surface area (Å²) >= 11 is 0. The van der Waals surface area contributed by atoms with Crippen molar-refractivity contribution in [2.45, 2.75) is 25.9 Å². The van der Waals surface area contributed by atoms with Crippen molar-refractivity contribution >= 4 is 0 Å². The summed E-state index contributed by atoms with van der Waals surface area (Å²) in [5, 5.41) is 10.1. The molecule has 0 saturated carbocycles. The number of nitrogens with zero attached hydrogens (tertiary/aromatic N) is 3. The van der Waals surface area contributed by atoms with Crippen LogP contribution in [0.4, 0.5) is 0 Å². The molecule has 0 aromatic carbocycles. The van der Waals surface area contributed by atoms with Crippen LogP contribution in [-0.2, 0) is 13.5 Å². The average Bonchev–Trinajstić information content (AvgIpc) is 2.72. The molecule has 4 heteroatoms. The minimum absolute atomic E-state index is 0.472. The first-order valence-corrected chi connectivity index (χ1v) is 5.74. The highest BCUT2D eigenvalue weighted by atomic mass is 16.3. The molecule has 4 nitrogen and oxygen atoms in total. The van der Waals surface area contributed by atoms with Gasteiger partial charge in [-0.25, -0.2) is 4.98 Å². The number of aliphatic hydroxyl groups excluding tert-OH is 1. The SMILES string of the molecule is Cc1ncccc1C(O)CCc1nccn1C. The monoisotopic (exact) mass is 231 g/mol. The molecule has 0 aliphatic heterocycles. The molecular weight excluding hydrogens is 214 g/mol. The van der Waals surface area contributed by atoms with Gasteiger partial charge in [0.15, 0.2) is 0 Å². The summed E-state index contributed by atoms with van der Waals surface area (Å²) in [5.41, 5.74) is 1.79. The van der Waals surface area contributed by atoms with Crippen LogP contribution in [-0.4, -0.2) is 19.6 Å². The van der Waals surface area contributed by atoms with Crippen LogP contribution >= 0.6 is 0 Å². The molecule has 2 aromatic rings. The van der Waals surface area contributed by atoms with Gasteiger partial charge in [0.25, 0.3) is 0 Å². The molecule has 0 saturated heterocycles. The van der Waals surface area contributed by atoms with Crippen molar-refractivity contribution in [1.82, 2.24) is 14.5 Å². The maximum absolute atomic E-state index is 10.1. The van der Waals surface area contributed by atoms with E-state index in [9.17, 15) is 5.11 Å². The smallest absolute Gasteiger partial charge is 0.108 e. The van der Waals surface area contributed by atoms with E-state index in [2.05, 4.69) is 9.97 Å². The highest BCUT2D eigenvalue weighted by molar-refractivity contribution is 5.20. The second-order valence-corrected chi connectivity index (χ2v) is 4.19. The lowest BCUT2D eigenvalue weighted by atomic mass is 10.0. The number of aromatic nitrogens is 3. The molecule has 0 spiro atoms. The summed E-state index contributed by atoms with van der Waals surface area (Å²) in [6.45, 7) is 1.92. The van der Waals surface area contributed by atoms with Crippen LogP contribution in [0.5, 0.6) is 0 Å². The minimum Gasteiger partial charge on any atom is -0.388 e. The zero-order valence-corrected chi connectivity index (χ0v) is 10.2. The molecule has 2 heterocycles. The largest absolute Gasteiger partial charge is 0.388 e. The molecular formula is C13H17N3O. The molecule has 1 N–H and O–H groups in total. The summed E-state index contributed by atoms with van der Waals surface area (Å²) in [5.74, 6) is 0.991. The molecule has 0 radical (unpaired) electrons. The Kier molecular flexibility index (Phi) is 3.54.